The highest BCUT2D eigenvalue weighted by molar-refractivity contribution is 5.94. The molecule has 1 heterocycles. The highest BCUT2D eigenvalue weighted by atomic mass is 16.5. The normalized spacial score (nSPS) is 14.8. The first-order valence-corrected chi connectivity index (χ1v) is 6.99. The van der Waals surface area contributed by atoms with Gasteiger partial charge in [0.2, 0.25) is 5.91 Å². The number of methoxy groups -OCH3 is 1. The van der Waals surface area contributed by atoms with Crippen molar-refractivity contribution in [3.05, 3.63) is 41.5 Å². The third-order valence-corrected chi connectivity index (χ3v) is 3.53. The topological polar surface area (TPSA) is 72.6 Å². The molecule has 0 aliphatic carbocycles. The largest absolute Gasteiger partial charge is 0.469 e. The molecule has 2 rings (SSSR count). The Balaban J connectivity index is 1.96. The summed E-state index contributed by atoms with van der Waals surface area (Å²) >= 11 is 0. The van der Waals surface area contributed by atoms with Gasteiger partial charge < -0.3 is 15.4 Å². The van der Waals surface area contributed by atoms with E-state index in [1.807, 2.05) is 30.3 Å². The zero-order valence-corrected chi connectivity index (χ0v) is 12.2. The predicted molar refractivity (Wildman–Crippen MR) is 80.2 cm³/mol. The molecule has 0 unspecified atom stereocenters. The number of benzene rings is 1. The molecule has 0 aromatic heterocycles. The van der Waals surface area contributed by atoms with Gasteiger partial charge in [-0.3, -0.25) is 9.59 Å². The molecule has 5 nitrogen and oxygen atoms in total. The maximum Gasteiger partial charge on any atom is 0.305 e. The molecular weight excluding hydrogens is 268 g/mol. The van der Waals surface area contributed by atoms with Gasteiger partial charge in [-0.2, -0.15) is 0 Å². The van der Waals surface area contributed by atoms with Crippen molar-refractivity contribution in [1.82, 2.24) is 4.90 Å². The lowest BCUT2D eigenvalue weighted by molar-refractivity contribution is -0.140. The Hall–Kier alpha value is -2.30. The summed E-state index contributed by atoms with van der Waals surface area (Å²) < 4.78 is 4.61. The van der Waals surface area contributed by atoms with Gasteiger partial charge in [0.05, 0.1) is 7.11 Å². The molecule has 0 radical (unpaired) electrons. The fourth-order valence-corrected chi connectivity index (χ4v) is 2.33. The van der Waals surface area contributed by atoms with Gasteiger partial charge >= 0.3 is 5.97 Å². The number of carbonyl (C=O) groups excluding carboxylic acids is 2. The van der Waals surface area contributed by atoms with Crippen LogP contribution >= 0.6 is 0 Å². The minimum atomic E-state index is -0.292. The van der Waals surface area contributed by atoms with Crippen LogP contribution in [-0.2, 0) is 20.9 Å². The number of nitrogens with zero attached hydrogens (tertiary/aromatic N) is 1. The average molecular weight is 288 g/mol. The monoisotopic (exact) mass is 288 g/mol. The Morgan fingerprint density at radius 1 is 1.33 bits per heavy atom. The lowest BCUT2D eigenvalue weighted by Gasteiger charge is -2.27. The molecule has 21 heavy (non-hydrogen) atoms. The molecule has 5 heteroatoms. The third kappa shape index (κ3) is 4.08. The van der Waals surface area contributed by atoms with E-state index in [1.54, 1.807) is 4.90 Å². The van der Waals surface area contributed by atoms with E-state index in [2.05, 4.69) is 4.74 Å². The maximum atomic E-state index is 12.4. The molecule has 1 amide bonds. The second kappa shape index (κ2) is 6.92. The molecule has 112 valence electrons. The predicted octanol–water partition coefficient (Wildman–Crippen LogP) is 1.88. The first kappa shape index (κ1) is 15.1. The Kier molecular flexibility index (Phi) is 4.98. The van der Waals surface area contributed by atoms with Gasteiger partial charge in [-0.15, -0.1) is 0 Å². The molecule has 0 bridgehead atoms. The highest BCUT2D eigenvalue weighted by Crippen LogP contribution is 2.19. The van der Waals surface area contributed by atoms with Gasteiger partial charge in [0.15, 0.2) is 0 Å². The first-order chi connectivity index (χ1) is 10.1. The maximum absolute atomic E-state index is 12.4. The van der Waals surface area contributed by atoms with Gasteiger partial charge in [-0.1, -0.05) is 18.2 Å². The van der Waals surface area contributed by atoms with Crippen molar-refractivity contribution in [2.45, 2.75) is 25.8 Å². The number of nitrogen functional groups attached to an aromatic ring is 1. The number of carbonyl (C=O) groups is 2. The van der Waals surface area contributed by atoms with Crippen molar-refractivity contribution in [2.24, 2.45) is 0 Å². The summed E-state index contributed by atoms with van der Waals surface area (Å²) in [7, 11) is 1.35. The Labute approximate surface area is 124 Å². The van der Waals surface area contributed by atoms with Crippen molar-refractivity contribution in [2.75, 3.05) is 19.4 Å². The molecule has 0 saturated carbocycles. The zero-order chi connectivity index (χ0) is 15.2. The fourth-order valence-electron chi connectivity index (χ4n) is 2.33. The molecule has 0 saturated heterocycles. The van der Waals surface area contributed by atoms with Crippen LogP contribution in [0.3, 0.4) is 0 Å². The molecular formula is C16H20N2O3. The first-order valence-electron chi connectivity index (χ1n) is 6.99. The molecule has 1 aromatic carbocycles. The quantitative estimate of drug-likeness (QED) is 0.663. The van der Waals surface area contributed by atoms with Crippen LogP contribution in [0.5, 0.6) is 0 Å². The van der Waals surface area contributed by atoms with E-state index in [4.69, 9.17) is 5.73 Å². The lowest BCUT2D eigenvalue weighted by Crippen LogP contribution is -2.35. The highest BCUT2D eigenvalue weighted by Gasteiger charge is 2.22. The molecule has 2 N–H and O–H groups in total. The van der Waals surface area contributed by atoms with Gasteiger partial charge in [-0.25, -0.2) is 0 Å². The summed E-state index contributed by atoms with van der Waals surface area (Å²) in [6.45, 7) is 1.26. The Bertz CT molecular complexity index is 549. The zero-order valence-electron chi connectivity index (χ0n) is 12.2. The van der Waals surface area contributed by atoms with E-state index in [-0.39, 0.29) is 18.3 Å². The van der Waals surface area contributed by atoms with E-state index < -0.39 is 0 Å². The summed E-state index contributed by atoms with van der Waals surface area (Å²) in [5.74, 6) is -0.290. The van der Waals surface area contributed by atoms with Gasteiger partial charge in [0.25, 0.3) is 0 Å². The van der Waals surface area contributed by atoms with Crippen LogP contribution in [0.25, 0.3) is 0 Å². The van der Waals surface area contributed by atoms with Crippen LogP contribution in [-0.4, -0.2) is 30.4 Å². The van der Waals surface area contributed by atoms with Crippen molar-refractivity contribution in [3.8, 4) is 0 Å². The Morgan fingerprint density at radius 2 is 2.05 bits per heavy atom. The van der Waals surface area contributed by atoms with Crippen LogP contribution in [0.2, 0.25) is 0 Å². The lowest BCUT2D eigenvalue weighted by atomic mass is 10.0. The van der Waals surface area contributed by atoms with Crippen LogP contribution in [0.1, 0.15) is 24.8 Å². The second-order valence-corrected chi connectivity index (χ2v) is 5.06. The fraction of sp³-hybridized carbons (Fsp3) is 0.375. The summed E-state index contributed by atoms with van der Waals surface area (Å²) in [4.78, 5) is 25.4. The molecule has 1 aromatic rings. The number of rotatable bonds is 5. The van der Waals surface area contributed by atoms with Crippen LogP contribution in [0.15, 0.2) is 35.9 Å². The van der Waals surface area contributed by atoms with E-state index in [0.29, 0.717) is 30.8 Å². The van der Waals surface area contributed by atoms with Crippen molar-refractivity contribution >= 4 is 17.6 Å². The summed E-state index contributed by atoms with van der Waals surface area (Å²) in [5.41, 5.74) is 8.11. The number of hydrogen-bond acceptors (Lipinski definition) is 4. The van der Waals surface area contributed by atoms with Crippen LogP contribution < -0.4 is 5.73 Å². The van der Waals surface area contributed by atoms with Crippen LogP contribution in [0, 0.1) is 0 Å². The van der Waals surface area contributed by atoms with E-state index in [1.165, 1.54) is 7.11 Å². The minimum absolute atomic E-state index is 0.00183. The number of nitrogens with two attached hydrogens (primary N) is 1. The van der Waals surface area contributed by atoms with E-state index in [9.17, 15) is 9.59 Å². The van der Waals surface area contributed by atoms with Gasteiger partial charge in [0.1, 0.15) is 0 Å². The van der Waals surface area contributed by atoms with E-state index in [0.717, 1.165) is 12.0 Å². The molecule has 0 atom stereocenters. The third-order valence-electron chi connectivity index (χ3n) is 3.53. The average Bonchev–Trinajstić information content (AvgIpc) is 2.50. The Morgan fingerprint density at radius 3 is 2.71 bits per heavy atom. The van der Waals surface area contributed by atoms with E-state index >= 15 is 0 Å². The standard InChI is InChI=1S/C16H20N2O3/c1-21-15(19)9-6-13-3-2-10-18(16(13)20)11-12-4-7-14(17)8-5-12/h3-5,7-8H,2,6,9-11,17H2,1H3. The van der Waals surface area contributed by atoms with Crippen LogP contribution in [0.4, 0.5) is 5.69 Å². The number of ether oxygens (including phenoxy) is 1. The SMILES string of the molecule is COC(=O)CCC1=CCCN(Cc2ccc(N)cc2)C1=O. The summed E-state index contributed by atoms with van der Waals surface area (Å²) in [5, 5.41) is 0. The summed E-state index contributed by atoms with van der Waals surface area (Å²) in [6, 6.07) is 7.51. The molecule has 1 aliphatic heterocycles. The van der Waals surface area contributed by atoms with Crippen molar-refractivity contribution in [1.29, 1.82) is 0 Å². The number of esters is 1. The molecule has 0 fully saturated rings. The number of anilines is 1. The van der Waals surface area contributed by atoms with Crippen molar-refractivity contribution in [3.63, 3.8) is 0 Å². The summed E-state index contributed by atoms with van der Waals surface area (Å²) in [6.07, 6.45) is 3.41. The van der Waals surface area contributed by atoms with Crippen molar-refractivity contribution < 1.29 is 14.3 Å². The van der Waals surface area contributed by atoms with Gasteiger partial charge in [0, 0.05) is 30.8 Å². The minimum Gasteiger partial charge on any atom is -0.469 e. The molecule has 1 aliphatic rings. The van der Waals surface area contributed by atoms with Gasteiger partial charge in [-0.05, 0) is 30.5 Å². The molecule has 0 spiro atoms. The number of hydrogen-bond donors (Lipinski definition) is 1. The second-order valence-electron chi connectivity index (χ2n) is 5.06. The smallest absolute Gasteiger partial charge is 0.305 e. The number of amides is 1.